The number of carbonyl (C=O) groups excluding carboxylic acids is 2. The fourth-order valence-electron chi connectivity index (χ4n) is 4.40. The molecular weight excluding hydrogens is 525 g/mol. The van der Waals surface area contributed by atoms with Gasteiger partial charge in [-0.3, -0.25) is 4.79 Å². The molecule has 1 heterocycles. The number of halogens is 1. The minimum atomic E-state index is -0.716. The maximum Gasteiger partial charge on any atom is 0.356 e. The van der Waals surface area contributed by atoms with Crippen molar-refractivity contribution in [1.29, 1.82) is 5.26 Å². The maximum absolute atomic E-state index is 14.4. The predicted octanol–water partition coefficient (Wildman–Crippen LogP) is 6.93. The SMILES string of the molecule is CCCCCc1sc(=NC(=O)c2ccccc2F)n(Cc2ccc(-c3ccccc3C#N)cc2)c1C(=O)OCC. The molecule has 0 aliphatic rings. The number of hydrogen-bond donors (Lipinski definition) is 0. The molecular formula is C32H30FN3O3S. The second-order valence-electron chi connectivity index (χ2n) is 9.17. The van der Waals surface area contributed by atoms with E-state index < -0.39 is 17.7 Å². The highest BCUT2D eigenvalue weighted by molar-refractivity contribution is 7.09. The van der Waals surface area contributed by atoms with Gasteiger partial charge in [-0.2, -0.15) is 10.3 Å². The molecule has 0 saturated heterocycles. The van der Waals surface area contributed by atoms with E-state index in [1.807, 2.05) is 42.5 Å². The Morgan fingerprint density at radius 3 is 2.42 bits per heavy atom. The van der Waals surface area contributed by atoms with Gasteiger partial charge in [0.25, 0.3) is 5.91 Å². The number of benzene rings is 3. The minimum absolute atomic E-state index is 0.131. The van der Waals surface area contributed by atoms with Gasteiger partial charge in [-0.1, -0.05) is 74.4 Å². The summed E-state index contributed by atoms with van der Waals surface area (Å²) in [6.45, 7) is 4.31. The molecule has 0 bridgehead atoms. The van der Waals surface area contributed by atoms with Crippen LogP contribution in [0.1, 0.15) is 70.0 Å². The van der Waals surface area contributed by atoms with Gasteiger partial charge in [0.1, 0.15) is 11.5 Å². The Balaban J connectivity index is 1.80. The van der Waals surface area contributed by atoms with Crippen LogP contribution in [-0.4, -0.2) is 23.1 Å². The van der Waals surface area contributed by atoms with Crippen LogP contribution in [0.4, 0.5) is 4.39 Å². The number of carbonyl (C=O) groups is 2. The van der Waals surface area contributed by atoms with Crippen molar-refractivity contribution < 1.29 is 18.7 Å². The molecule has 4 rings (SSSR count). The molecule has 0 radical (unpaired) electrons. The summed E-state index contributed by atoms with van der Waals surface area (Å²) >= 11 is 1.26. The fourth-order valence-corrected chi connectivity index (χ4v) is 5.56. The van der Waals surface area contributed by atoms with Crippen molar-refractivity contribution in [2.75, 3.05) is 6.61 Å². The maximum atomic E-state index is 14.4. The quantitative estimate of drug-likeness (QED) is 0.157. The molecule has 0 fully saturated rings. The van der Waals surface area contributed by atoms with E-state index in [0.717, 1.165) is 40.8 Å². The van der Waals surface area contributed by atoms with Gasteiger partial charge in [-0.05, 0) is 54.7 Å². The molecule has 0 atom stereocenters. The van der Waals surface area contributed by atoms with Crippen molar-refractivity contribution in [3.63, 3.8) is 0 Å². The number of unbranched alkanes of at least 4 members (excludes halogenated alkanes) is 2. The van der Waals surface area contributed by atoms with E-state index in [1.54, 1.807) is 23.6 Å². The Hall–Kier alpha value is -4.35. The molecule has 0 N–H and O–H groups in total. The largest absolute Gasteiger partial charge is 0.461 e. The number of aryl methyl sites for hydroxylation is 1. The summed E-state index contributed by atoms with van der Waals surface area (Å²) in [4.78, 5) is 31.6. The summed E-state index contributed by atoms with van der Waals surface area (Å²) in [5, 5.41) is 9.48. The molecule has 204 valence electrons. The second kappa shape index (κ2) is 13.6. The zero-order valence-electron chi connectivity index (χ0n) is 22.5. The first-order valence-electron chi connectivity index (χ1n) is 13.3. The Labute approximate surface area is 237 Å². The van der Waals surface area contributed by atoms with Gasteiger partial charge in [0.15, 0.2) is 4.80 Å². The van der Waals surface area contributed by atoms with Gasteiger partial charge >= 0.3 is 5.97 Å². The first-order valence-corrected chi connectivity index (χ1v) is 14.1. The molecule has 6 nitrogen and oxygen atoms in total. The summed E-state index contributed by atoms with van der Waals surface area (Å²) < 4.78 is 21.5. The summed E-state index contributed by atoms with van der Waals surface area (Å²) in [5.41, 5.74) is 3.39. The van der Waals surface area contributed by atoms with E-state index >= 15 is 0 Å². The fraction of sp³-hybridized carbons (Fsp3) is 0.250. The number of rotatable bonds is 10. The average Bonchev–Trinajstić information content (AvgIpc) is 3.30. The minimum Gasteiger partial charge on any atom is -0.461 e. The van der Waals surface area contributed by atoms with Crippen LogP contribution in [0, 0.1) is 17.1 Å². The molecule has 40 heavy (non-hydrogen) atoms. The lowest BCUT2D eigenvalue weighted by Crippen LogP contribution is -2.24. The Morgan fingerprint density at radius 2 is 1.73 bits per heavy atom. The topological polar surface area (TPSA) is 84.5 Å². The van der Waals surface area contributed by atoms with Gasteiger partial charge < -0.3 is 9.30 Å². The zero-order valence-corrected chi connectivity index (χ0v) is 23.3. The molecule has 1 aromatic heterocycles. The molecule has 1 amide bonds. The zero-order chi connectivity index (χ0) is 28.5. The van der Waals surface area contributed by atoms with E-state index in [4.69, 9.17) is 4.74 Å². The molecule has 0 aliphatic carbocycles. The second-order valence-corrected chi connectivity index (χ2v) is 10.2. The van der Waals surface area contributed by atoms with Gasteiger partial charge in [0, 0.05) is 4.88 Å². The lowest BCUT2D eigenvalue weighted by Gasteiger charge is -2.11. The van der Waals surface area contributed by atoms with Crippen LogP contribution in [-0.2, 0) is 17.7 Å². The van der Waals surface area contributed by atoms with Crippen molar-refractivity contribution >= 4 is 23.2 Å². The number of thiazole rings is 1. The third kappa shape index (κ3) is 6.61. The number of nitrogens with zero attached hydrogens (tertiary/aromatic N) is 3. The monoisotopic (exact) mass is 555 g/mol. The molecule has 8 heteroatoms. The highest BCUT2D eigenvalue weighted by Gasteiger charge is 2.23. The summed E-state index contributed by atoms with van der Waals surface area (Å²) in [6, 6.07) is 23.0. The number of ether oxygens (including phenoxy) is 1. The Kier molecular flexibility index (Phi) is 9.76. The average molecular weight is 556 g/mol. The first-order chi connectivity index (χ1) is 19.5. The molecule has 0 unspecified atom stereocenters. The molecule has 0 aliphatic heterocycles. The van der Waals surface area contributed by atoms with Gasteiger partial charge in [-0.15, -0.1) is 11.3 Å². The lowest BCUT2D eigenvalue weighted by molar-refractivity contribution is 0.0512. The lowest BCUT2D eigenvalue weighted by atomic mass is 9.99. The van der Waals surface area contributed by atoms with Crippen molar-refractivity contribution in [1.82, 2.24) is 4.57 Å². The third-order valence-corrected chi connectivity index (χ3v) is 7.55. The van der Waals surface area contributed by atoms with Crippen LogP contribution in [0.25, 0.3) is 11.1 Å². The first kappa shape index (κ1) is 28.7. The van der Waals surface area contributed by atoms with Crippen molar-refractivity contribution in [2.24, 2.45) is 4.99 Å². The molecule has 4 aromatic rings. The van der Waals surface area contributed by atoms with Crippen molar-refractivity contribution in [3.05, 3.63) is 111 Å². The van der Waals surface area contributed by atoms with Crippen LogP contribution in [0.2, 0.25) is 0 Å². The van der Waals surface area contributed by atoms with E-state index in [1.165, 1.54) is 29.5 Å². The highest BCUT2D eigenvalue weighted by Crippen LogP contribution is 2.25. The van der Waals surface area contributed by atoms with E-state index in [0.29, 0.717) is 22.5 Å². The van der Waals surface area contributed by atoms with Crippen molar-refractivity contribution in [2.45, 2.75) is 46.1 Å². The summed E-state index contributed by atoms with van der Waals surface area (Å²) in [5.74, 6) is -1.85. The standard InChI is InChI=1S/C32H30FN3O3S/c1-3-5-6-15-28-29(31(38)39-4-2)36(32(40-28)35-30(37)26-13-9-10-14-27(26)33)21-22-16-18-23(19-17-22)25-12-8-7-11-24(25)20-34/h7-14,16-19H,3-6,15,21H2,1-2H3. The summed E-state index contributed by atoms with van der Waals surface area (Å²) in [6.07, 6.45) is 3.52. The Bertz CT molecular complexity index is 1610. The molecule has 3 aromatic carbocycles. The van der Waals surface area contributed by atoms with Gasteiger partial charge in [0.2, 0.25) is 0 Å². The number of aromatic nitrogens is 1. The van der Waals surface area contributed by atoms with E-state index in [2.05, 4.69) is 18.0 Å². The van der Waals surface area contributed by atoms with Gasteiger partial charge in [-0.25, -0.2) is 9.18 Å². The smallest absolute Gasteiger partial charge is 0.356 e. The third-order valence-electron chi connectivity index (χ3n) is 6.41. The van der Waals surface area contributed by atoms with Crippen LogP contribution in [0.3, 0.4) is 0 Å². The number of nitriles is 1. The predicted molar refractivity (Wildman–Crippen MR) is 153 cm³/mol. The Morgan fingerprint density at radius 1 is 1.00 bits per heavy atom. The normalized spacial score (nSPS) is 11.3. The number of hydrogen-bond acceptors (Lipinski definition) is 5. The summed E-state index contributed by atoms with van der Waals surface area (Å²) in [7, 11) is 0. The van der Waals surface area contributed by atoms with Crippen molar-refractivity contribution in [3.8, 4) is 17.2 Å². The highest BCUT2D eigenvalue weighted by atomic mass is 32.1. The van der Waals surface area contributed by atoms with Crippen LogP contribution < -0.4 is 4.80 Å². The number of esters is 1. The van der Waals surface area contributed by atoms with E-state index in [9.17, 15) is 19.2 Å². The molecule has 0 spiro atoms. The van der Waals surface area contributed by atoms with Crippen LogP contribution >= 0.6 is 11.3 Å². The number of amides is 1. The van der Waals surface area contributed by atoms with Crippen LogP contribution in [0.5, 0.6) is 0 Å². The van der Waals surface area contributed by atoms with Crippen LogP contribution in [0.15, 0.2) is 77.8 Å². The molecule has 0 saturated carbocycles. The van der Waals surface area contributed by atoms with E-state index in [-0.39, 0.29) is 18.7 Å². The van der Waals surface area contributed by atoms with Gasteiger partial charge in [0.05, 0.1) is 30.3 Å².